The first-order valence-electron chi connectivity index (χ1n) is 7.41. The highest BCUT2D eigenvalue weighted by molar-refractivity contribution is 7.99. The molecule has 118 valence electrons. The van der Waals surface area contributed by atoms with Gasteiger partial charge in [0.2, 0.25) is 0 Å². The van der Waals surface area contributed by atoms with Crippen LogP contribution in [0.3, 0.4) is 0 Å². The van der Waals surface area contributed by atoms with Gasteiger partial charge in [-0.25, -0.2) is 0 Å². The molecule has 2 nitrogen and oxygen atoms in total. The second-order valence-electron chi connectivity index (χ2n) is 6.61. The molecule has 2 aromatic carbocycles. The van der Waals surface area contributed by atoms with Crippen molar-refractivity contribution in [1.82, 2.24) is 0 Å². The second kappa shape index (κ2) is 6.81. The van der Waals surface area contributed by atoms with E-state index in [0.29, 0.717) is 6.04 Å². The Labute approximate surface area is 155 Å². The standard InChI is InChI=1S/C18H23N2S.HI/c1-14(20(2,3)4)13-19-15-9-5-7-11-17(15)21-18-12-8-6-10-16(18)19;/h5-12,14H,13H2,1-4H3;1H/q+1;/p-1. The number of nitrogens with zero attached hydrogens (tertiary/aromatic N) is 2. The van der Waals surface area contributed by atoms with E-state index in [9.17, 15) is 0 Å². The molecule has 4 heteroatoms. The molecule has 1 aliphatic heterocycles. The van der Waals surface area contributed by atoms with E-state index in [1.54, 1.807) is 0 Å². The molecule has 2 aromatic rings. The van der Waals surface area contributed by atoms with Gasteiger partial charge in [-0.15, -0.1) is 0 Å². The predicted molar refractivity (Wildman–Crippen MR) is 91.5 cm³/mol. The summed E-state index contributed by atoms with van der Waals surface area (Å²) < 4.78 is 0.966. The lowest BCUT2D eigenvalue weighted by molar-refractivity contribution is -0.892. The summed E-state index contributed by atoms with van der Waals surface area (Å²) in [7, 11) is 6.80. The Morgan fingerprint density at radius 2 is 1.36 bits per heavy atom. The number of anilines is 2. The lowest BCUT2D eigenvalue weighted by atomic mass is 10.1. The van der Waals surface area contributed by atoms with Crippen molar-refractivity contribution in [2.24, 2.45) is 0 Å². The van der Waals surface area contributed by atoms with Crippen LogP contribution < -0.4 is 28.9 Å². The van der Waals surface area contributed by atoms with Crippen molar-refractivity contribution in [2.75, 3.05) is 32.6 Å². The molecule has 0 amide bonds. The number of hydrogen-bond acceptors (Lipinski definition) is 2. The number of para-hydroxylation sites is 2. The summed E-state index contributed by atoms with van der Waals surface area (Å²) in [5, 5.41) is 0. The molecule has 0 bridgehead atoms. The quantitative estimate of drug-likeness (QED) is 0.539. The van der Waals surface area contributed by atoms with Gasteiger partial charge in [-0.05, 0) is 31.2 Å². The van der Waals surface area contributed by atoms with Crippen LogP contribution in [0.4, 0.5) is 11.4 Å². The van der Waals surface area contributed by atoms with Gasteiger partial charge in [-0.2, -0.15) is 0 Å². The minimum atomic E-state index is 0. The van der Waals surface area contributed by atoms with E-state index < -0.39 is 0 Å². The molecule has 0 saturated heterocycles. The smallest absolute Gasteiger partial charge is 0.104 e. The third-order valence-electron chi connectivity index (χ3n) is 4.30. The molecule has 1 atom stereocenters. The van der Waals surface area contributed by atoms with Crippen molar-refractivity contribution in [3.63, 3.8) is 0 Å². The number of rotatable bonds is 3. The molecule has 0 spiro atoms. The lowest BCUT2D eigenvalue weighted by Gasteiger charge is -2.39. The first-order chi connectivity index (χ1) is 9.97. The zero-order valence-corrected chi connectivity index (χ0v) is 16.6. The fourth-order valence-corrected chi connectivity index (χ4v) is 3.58. The maximum absolute atomic E-state index is 2.48. The van der Waals surface area contributed by atoms with Crippen LogP contribution in [0.1, 0.15) is 6.92 Å². The number of likely N-dealkylation sites (N-methyl/N-ethyl adjacent to an activating group) is 1. The summed E-state index contributed by atoms with van der Waals surface area (Å²) in [6.45, 7) is 3.35. The van der Waals surface area contributed by atoms with Gasteiger partial charge in [0.15, 0.2) is 0 Å². The third kappa shape index (κ3) is 3.44. The fourth-order valence-electron chi connectivity index (χ4n) is 2.49. The molecule has 3 rings (SSSR count). The van der Waals surface area contributed by atoms with E-state index in [1.165, 1.54) is 21.2 Å². The molecular weight excluding hydrogens is 403 g/mol. The molecular formula is C18H23IN2S. The Morgan fingerprint density at radius 1 is 0.909 bits per heavy atom. The van der Waals surface area contributed by atoms with Gasteiger partial charge in [0, 0.05) is 9.79 Å². The van der Waals surface area contributed by atoms with Gasteiger partial charge in [0.25, 0.3) is 0 Å². The van der Waals surface area contributed by atoms with Gasteiger partial charge in [0.05, 0.1) is 39.1 Å². The molecule has 0 saturated carbocycles. The van der Waals surface area contributed by atoms with Gasteiger partial charge < -0.3 is 33.4 Å². The van der Waals surface area contributed by atoms with Crippen molar-refractivity contribution < 1.29 is 28.5 Å². The molecule has 0 aromatic heterocycles. The summed E-state index contributed by atoms with van der Waals surface area (Å²) in [5.41, 5.74) is 2.67. The van der Waals surface area contributed by atoms with Crippen LogP contribution in [-0.2, 0) is 0 Å². The normalized spacial score (nSPS) is 14.6. The number of quaternary nitrogens is 1. The SMILES string of the molecule is CC(CN1c2ccccc2Sc2ccccc21)[N+](C)(C)C.[I-]. The number of hydrogen-bond donors (Lipinski definition) is 0. The topological polar surface area (TPSA) is 3.24 Å². The highest BCUT2D eigenvalue weighted by atomic mass is 127. The van der Waals surface area contributed by atoms with Crippen LogP contribution in [0, 0.1) is 0 Å². The first kappa shape index (κ1) is 17.6. The molecule has 1 unspecified atom stereocenters. The van der Waals surface area contributed by atoms with E-state index in [0.717, 1.165) is 11.0 Å². The predicted octanol–water partition coefficient (Wildman–Crippen LogP) is 1.39. The Balaban J connectivity index is 0.00000176. The molecule has 22 heavy (non-hydrogen) atoms. The number of halogens is 1. The van der Waals surface area contributed by atoms with Crippen LogP contribution in [0.5, 0.6) is 0 Å². The van der Waals surface area contributed by atoms with Crippen molar-refractivity contribution in [3.8, 4) is 0 Å². The van der Waals surface area contributed by atoms with Gasteiger partial charge in [0.1, 0.15) is 6.04 Å². The highest BCUT2D eigenvalue weighted by Gasteiger charge is 2.28. The van der Waals surface area contributed by atoms with E-state index in [-0.39, 0.29) is 24.0 Å². The average molecular weight is 426 g/mol. The van der Waals surface area contributed by atoms with Crippen molar-refractivity contribution in [3.05, 3.63) is 48.5 Å². The van der Waals surface area contributed by atoms with Crippen LogP contribution >= 0.6 is 11.8 Å². The Morgan fingerprint density at radius 3 is 1.82 bits per heavy atom. The van der Waals surface area contributed by atoms with E-state index in [2.05, 4.69) is 81.5 Å². The summed E-state index contributed by atoms with van der Waals surface area (Å²) in [4.78, 5) is 5.18. The maximum Gasteiger partial charge on any atom is 0.104 e. The van der Waals surface area contributed by atoms with Gasteiger partial charge >= 0.3 is 0 Å². The van der Waals surface area contributed by atoms with E-state index >= 15 is 0 Å². The average Bonchev–Trinajstić information content (AvgIpc) is 2.46. The van der Waals surface area contributed by atoms with Crippen LogP contribution in [-0.4, -0.2) is 38.2 Å². The number of fused-ring (bicyclic) bond motifs is 2. The van der Waals surface area contributed by atoms with Crippen molar-refractivity contribution in [2.45, 2.75) is 22.8 Å². The van der Waals surface area contributed by atoms with Crippen LogP contribution in [0.25, 0.3) is 0 Å². The Kier molecular flexibility index (Phi) is 5.45. The molecule has 1 heterocycles. The zero-order valence-electron chi connectivity index (χ0n) is 13.6. The fraction of sp³-hybridized carbons (Fsp3) is 0.333. The second-order valence-corrected chi connectivity index (χ2v) is 7.70. The zero-order chi connectivity index (χ0) is 15.0. The largest absolute Gasteiger partial charge is 1.00 e. The van der Waals surface area contributed by atoms with Crippen molar-refractivity contribution in [1.29, 1.82) is 0 Å². The summed E-state index contributed by atoms with van der Waals surface area (Å²) >= 11 is 1.87. The van der Waals surface area contributed by atoms with Gasteiger partial charge in [-0.1, -0.05) is 36.0 Å². The molecule has 0 radical (unpaired) electrons. The molecule has 1 aliphatic rings. The number of benzene rings is 2. The minimum absolute atomic E-state index is 0. The molecule has 0 N–H and O–H groups in total. The third-order valence-corrected chi connectivity index (χ3v) is 5.43. The molecule has 0 fully saturated rings. The maximum atomic E-state index is 2.48. The van der Waals surface area contributed by atoms with Crippen LogP contribution in [0.2, 0.25) is 0 Å². The first-order valence-corrected chi connectivity index (χ1v) is 8.23. The van der Waals surface area contributed by atoms with E-state index in [1.807, 2.05) is 11.8 Å². The minimum Gasteiger partial charge on any atom is -1.00 e. The lowest BCUT2D eigenvalue weighted by Crippen LogP contribution is -3.00. The summed E-state index contributed by atoms with van der Waals surface area (Å²) in [6.07, 6.45) is 0. The Bertz CT molecular complexity index is 606. The summed E-state index contributed by atoms with van der Waals surface area (Å²) in [6, 6.07) is 18.0. The van der Waals surface area contributed by atoms with Gasteiger partial charge in [-0.3, -0.25) is 0 Å². The molecule has 0 aliphatic carbocycles. The highest BCUT2D eigenvalue weighted by Crippen LogP contribution is 2.47. The summed E-state index contributed by atoms with van der Waals surface area (Å²) in [5.74, 6) is 0. The van der Waals surface area contributed by atoms with Crippen molar-refractivity contribution >= 4 is 23.1 Å². The van der Waals surface area contributed by atoms with Crippen LogP contribution in [0.15, 0.2) is 58.3 Å². The Hall–Kier alpha value is -0.720. The van der Waals surface area contributed by atoms with E-state index in [4.69, 9.17) is 0 Å². The monoisotopic (exact) mass is 426 g/mol.